The molecule has 32 heavy (non-hydrogen) atoms. The molecule has 3 rings (SSSR count). The summed E-state index contributed by atoms with van der Waals surface area (Å²) < 4.78 is 9.41. The van der Waals surface area contributed by atoms with Crippen LogP contribution in [0.15, 0.2) is 48.5 Å². The maximum Gasteiger partial charge on any atom is 0.337 e. The molecule has 1 aliphatic heterocycles. The van der Waals surface area contributed by atoms with Gasteiger partial charge >= 0.3 is 11.9 Å². The highest BCUT2D eigenvalue weighted by atomic mass is 32.1. The molecule has 1 saturated heterocycles. The Labute approximate surface area is 197 Å². The summed E-state index contributed by atoms with van der Waals surface area (Å²) in [6.07, 6.45) is 0. The second-order valence-corrected chi connectivity index (χ2v) is 7.75. The lowest BCUT2D eigenvalue weighted by Gasteiger charge is -2.37. The van der Waals surface area contributed by atoms with E-state index < -0.39 is 0 Å². The number of ether oxygens (including phenoxy) is 2. The van der Waals surface area contributed by atoms with Crippen LogP contribution in [0.3, 0.4) is 0 Å². The summed E-state index contributed by atoms with van der Waals surface area (Å²) in [5.74, 6) is -0.751. The first kappa shape index (κ1) is 23.4. The molecule has 0 spiro atoms. The van der Waals surface area contributed by atoms with Crippen molar-refractivity contribution < 1.29 is 19.1 Å². The molecule has 1 fully saturated rings. The predicted octanol–water partition coefficient (Wildman–Crippen LogP) is 2.97. The molecule has 0 aromatic heterocycles. The number of methoxy groups -OCH3 is 2. The minimum atomic E-state index is -0.376. The van der Waals surface area contributed by atoms with E-state index in [1.54, 1.807) is 48.5 Å². The van der Waals surface area contributed by atoms with Crippen LogP contribution in [-0.2, 0) is 9.47 Å². The van der Waals surface area contributed by atoms with Gasteiger partial charge in [-0.2, -0.15) is 0 Å². The Morgan fingerprint density at radius 1 is 0.688 bits per heavy atom. The van der Waals surface area contributed by atoms with Gasteiger partial charge in [0.2, 0.25) is 0 Å². The Morgan fingerprint density at radius 2 is 1.00 bits per heavy atom. The molecule has 0 bridgehead atoms. The van der Waals surface area contributed by atoms with E-state index in [-0.39, 0.29) is 11.9 Å². The van der Waals surface area contributed by atoms with Crippen LogP contribution in [0.4, 0.5) is 11.4 Å². The zero-order chi connectivity index (χ0) is 23.1. The standard InChI is InChI=1S/C22H24N4O4S2/c1-29-19(27)15-3-7-17(8-4-15)23-21(31)25-11-13-26(14-12-25)22(32)24-18-9-5-16(6-10-18)20(28)30-2/h3-10H,11-14H2,1-2H3,(H,23,31)(H,24,32). The average molecular weight is 473 g/mol. The third-order valence-electron chi connectivity index (χ3n) is 4.97. The Balaban J connectivity index is 1.47. The molecule has 2 aromatic carbocycles. The molecule has 1 heterocycles. The third-order valence-corrected chi connectivity index (χ3v) is 5.69. The van der Waals surface area contributed by atoms with E-state index in [1.807, 2.05) is 0 Å². The third kappa shape index (κ3) is 5.92. The smallest absolute Gasteiger partial charge is 0.337 e. The topological polar surface area (TPSA) is 83.1 Å². The maximum absolute atomic E-state index is 11.5. The first-order chi connectivity index (χ1) is 15.4. The molecule has 2 aromatic rings. The summed E-state index contributed by atoms with van der Waals surface area (Å²) in [7, 11) is 2.70. The van der Waals surface area contributed by atoms with Crippen molar-refractivity contribution in [2.45, 2.75) is 0 Å². The summed E-state index contributed by atoms with van der Waals surface area (Å²) in [5.41, 5.74) is 2.58. The van der Waals surface area contributed by atoms with Crippen LogP contribution in [0.5, 0.6) is 0 Å². The van der Waals surface area contributed by atoms with Gasteiger partial charge in [0.1, 0.15) is 0 Å². The molecule has 0 atom stereocenters. The maximum atomic E-state index is 11.5. The van der Waals surface area contributed by atoms with Crippen LogP contribution in [0.25, 0.3) is 0 Å². The minimum absolute atomic E-state index is 0.376. The number of nitrogens with one attached hydrogen (secondary N) is 2. The van der Waals surface area contributed by atoms with Gasteiger partial charge in [-0.05, 0) is 73.0 Å². The number of hydrogen-bond acceptors (Lipinski definition) is 6. The van der Waals surface area contributed by atoms with Gasteiger partial charge in [0.05, 0.1) is 25.3 Å². The van der Waals surface area contributed by atoms with Crippen LogP contribution < -0.4 is 10.6 Å². The summed E-state index contributed by atoms with van der Waals surface area (Å²) in [6.45, 7) is 2.87. The zero-order valence-electron chi connectivity index (χ0n) is 17.8. The quantitative estimate of drug-likeness (QED) is 0.512. The fourth-order valence-corrected chi connectivity index (χ4v) is 3.73. The van der Waals surface area contributed by atoms with Crippen molar-refractivity contribution in [2.75, 3.05) is 51.0 Å². The van der Waals surface area contributed by atoms with Crippen LogP contribution >= 0.6 is 24.4 Å². The Morgan fingerprint density at radius 3 is 1.28 bits per heavy atom. The highest BCUT2D eigenvalue weighted by molar-refractivity contribution is 7.80. The molecule has 0 amide bonds. The number of thiocarbonyl (C=S) groups is 2. The van der Waals surface area contributed by atoms with E-state index in [2.05, 4.69) is 20.4 Å². The summed E-state index contributed by atoms with van der Waals surface area (Å²) in [4.78, 5) is 27.2. The van der Waals surface area contributed by atoms with Gasteiger partial charge in [-0.25, -0.2) is 9.59 Å². The van der Waals surface area contributed by atoms with Gasteiger partial charge in [0, 0.05) is 37.6 Å². The van der Waals surface area contributed by atoms with Crippen molar-refractivity contribution in [3.63, 3.8) is 0 Å². The zero-order valence-corrected chi connectivity index (χ0v) is 19.4. The Kier molecular flexibility index (Phi) is 7.96. The van der Waals surface area contributed by atoms with Crippen LogP contribution in [-0.4, -0.2) is 72.4 Å². The molecular formula is C22H24N4O4S2. The number of esters is 2. The van der Waals surface area contributed by atoms with Crippen LogP contribution in [0, 0.1) is 0 Å². The molecule has 2 N–H and O–H groups in total. The molecule has 0 aliphatic carbocycles. The summed E-state index contributed by atoms with van der Waals surface area (Å²) in [6, 6.07) is 13.9. The van der Waals surface area contributed by atoms with Crippen molar-refractivity contribution in [3.05, 3.63) is 59.7 Å². The molecular weight excluding hydrogens is 448 g/mol. The van der Waals surface area contributed by atoms with E-state index in [0.717, 1.165) is 37.6 Å². The van der Waals surface area contributed by atoms with E-state index in [9.17, 15) is 9.59 Å². The first-order valence-corrected chi connectivity index (χ1v) is 10.7. The van der Waals surface area contributed by atoms with E-state index >= 15 is 0 Å². The fraction of sp³-hybridized carbons (Fsp3) is 0.273. The van der Waals surface area contributed by atoms with E-state index in [1.165, 1.54) is 14.2 Å². The van der Waals surface area contributed by atoms with Gasteiger partial charge in [-0.3, -0.25) is 0 Å². The van der Waals surface area contributed by atoms with Crippen molar-refractivity contribution in [1.29, 1.82) is 0 Å². The van der Waals surface area contributed by atoms with Gasteiger partial charge in [0.15, 0.2) is 10.2 Å². The van der Waals surface area contributed by atoms with Gasteiger partial charge < -0.3 is 29.9 Å². The van der Waals surface area contributed by atoms with Crippen molar-refractivity contribution in [1.82, 2.24) is 9.80 Å². The van der Waals surface area contributed by atoms with Crippen LogP contribution in [0.2, 0.25) is 0 Å². The lowest BCUT2D eigenvalue weighted by Crippen LogP contribution is -2.52. The van der Waals surface area contributed by atoms with Crippen LogP contribution in [0.1, 0.15) is 20.7 Å². The molecule has 168 valence electrons. The fourth-order valence-electron chi connectivity index (χ4n) is 3.13. The van der Waals surface area contributed by atoms with Gasteiger partial charge in [-0.1, -0.05) is 0 Å². The first-order valence-electron chi connectivity index (χ1n) is 9.90. The van der Waals surface area contributed by atoms with E-state index in [0.29, 0.717) is 21.4 Å². The number of carbonyl (C=O) groups is 2. The van der Waals surface area contributed by atoms with Crippen molar-refractivity contribution >= 4 is 58.0 Å². The second-order valence-electron chi connectivity index (χ2n) is 6.97. The molecule has 10 heteroatoms. The van der Waals surface area contributed by atoms with Gasteiger partial charge in [0.25, 0.3) is 0 Å². The Bertz CT molecular complexity index is 906. The highest BCUT2D eigenvalue weighted by Gasteiger charge is 2.21. The largest absolute Gasteiger partial charge is 0.465 e. The number of piperazine rings is 1. The number of anilines is 2. The SMILES string of the molecule is COC(=O)c1ccc(NC(=S)N2CCN(C(=S)Nc3ccc(C(=O)OC)cc3)CC2)cc1. The second kappa shape index (κ2) is 10.9. The number of nitrogens with zero attached hydrogens (tertiary/aromatic N) is 2. The molecule has 0 saturated carbocycles. The number of carbonyl (C=O) groups excluding carboxylic acids is 2. The molecule has 0 unspecified atom stereocenters. The monoisotopic (exact) mass is 472 g/mol. The summed E-state index contributed by atoms with van der Waals surface area (Å²) >= 11 is 11.1. The molecule has 0 radical (unpaired) electrons. The number of rotatable bonds is 4. The lowest BCUT2D eigenvalue weighted by molar-refractivity contribution is 0.0592. The lowest BCUT2D eigenvalue weighted by atomic mass is 10.2. The van der Waals surface area contributed by atoms with Crippen molar-refractivity contribution in [3.8, 4) is 0 Å². The van der Waals surface area contributed by atoms with Gasteiger partial charge in [-0.15, -0.1) is 0 Å². The summed E-state index contributed by atoms with van der Waals surface area (Å²) in [5, 5.41) is 7.64. The number of hydrogen-bond donors (Lipinski definition) is 2. The Hall–Kier alpha value is -3.24. The molecule has 8 nitrogen and oxygen atoms in total. The van der Waals surface area contributed by atoms with Crippen molar-refractivity contribution in [2.24, 2.45) is 0 Å². The predicted molar refractivity (Wildman–Crippen MR) is 131 cm³/mol. The number of benzene rings is 2. The van der Waals surface area contributed by atoms with E-state index in [4.69, 9.17) is 33.9 Å². The normalized spacial score (nSPS) is 13.2. The average Bonchev–Trinajstić information content (AvgIpc) is 2.84. The molecule has 1 aliphatic rings. The minimum Gasteiger partial charge on any atom is -0.465 e. The highest BCUT2D eigenvalue weighted by Crippen LogP contribution is 2.14.